The molecule has 1 amide bonds. The van der Waals surface area contributed by atoms with Gasteiger partial charge in [0, 0.05) is 18.1 Å². The Kier molecular flexibility index (Phi) is 2.94. The number of phenols is 1. The largest absolute Gasteiger partial charge is 0.507 e. The van der Waals surface area contributed by atoms with E-state index in [2.05, 4.69) is 0 Å². The van der Waals surface area contributed by atoms with Gasteiger partial charge in [0.05, 0.1) is 5.56 Å². The molecule has 0 spiro atoms. The van der Waals surface area contributed by atoms with Crippen LogP contribution in [0.15, 0.2) is 18.2 Å². The fourth-order valence-electron chi connectivity index (χ4n) is 3.26. The van der Waals surface area contributed by atoms with E-state index in [0.717, 1.165) is 13.1 Å². The number of amides is 1. The molecule has 1 saturated heterocycles. The quantitative estimate of drug-likeness (QED) is 0.848. The summed E-state index contributed by atoms with van der Waals surface area (Å²) >= 11 is 5.77. The molecule has 1 aliphatic carbocycles. The molecular formula is C14H16ClNO2. The Morgan fingerprint density at radius 3 is 2.56 bits per heavy atom. The number of rotatable bonds is 1. The lowest BCUT2D eigenvalue weighted by atomic mass is 10.0. The topological polar surface area (TPSA) is 40.5 Å². The first-order valence-corrected chi connectivity index (χ1v) is 6.81. The van der Waals surface area contributed by atoms with E-state index in [4.69, 9.17) is 11.6 Å². The number of halogens is 1. The van der Waals surface area contributed by atoms with Crippen molar-refractivity contribution in [1.29, 1.82) is 0 Å². The van der Waals surface area contributed by atoms with Crippen LogP contribution < -0.4 is 0 Å². The third kappa shape index (κ3) is 1.97. The number of benzene rings is 1. The SMILES string of the molecule is O=C(c1ccc(Cl)cc1O)N1CC2CCCC2C1. The number of hydrogen-bond donors (Lipinski definition) is 1. The number of phenolic OH excluding ortho intramolecular Hbond substituents is 1. The zero-order chi connectivity index (χ0) is 12.7. The molecule has 96 valence electrons. The maximum absolute atomic E-state index is 12.3. The zero-order valence-corrected chi connectivity index (χ0v) is 10.9. The van der Waals surface area contributed by atoms with E-state index in [-0.39, 0.29) is 11.7 Å². The number of carbonyl (C=O) groups excluding carboxylic acids is 1. The van der Waals surface area contributed by atoms with Gasteiger partial charge in [-0.25, -0.2) is 0 Å². The molecule has 18 heavy (non-hydrogen) atoms. The lowest BCUT2D eigenvalue weighted by molar-refractivity contribution is 0.0777. The smallest absolute Gasteiger partial charge is 0.257 e. The van der Waals surface area contributed by atoms with Gasteiger partial charge in [-0.1, -0.05) is 18.0 Å². The summed E-state index contributed by atoms with van der Waals surface area (Å²) in [6.07, 6.45) is 3.77. The first kappa shape index (κ1) is 11.8. The van der Waals surface area contributed by atoms with Crippen molar-refractivity contribution < 1.29 is 9.90 Å². The molecule has 2 unspecified atom stereocenters. The van der Waals surface area contributed by atoms with E-state index in [1.165, 1.54) is 25.3 Å². The summed E-state index contributed by atoms with van der Waals surface area (Å²) in [6.45, 7) is 1.68. The predicted molar refractivity (Wildman–Crippen MR) is 69.9 cm³/mol. The second-order valence-corrected chi connectivity index (χ2v) is 5.76. The van der Waals surface area contributed by atoms with Crippen LogP contribution in [0.5, 0.6) is 5.75 Å². The molecule has 2 fully saturated rings. The summed E-state index contributed by atoms with van der Waals surface area (Å²) in [4.78, 5) is 14.2. The van der Waals surface area contributed by atoms with E-state index in [1.54, 1.807) is 12.1 Å². The van der Waals surface area contributed by atoms with Crippen LogP contribution in [0.2, 0.25) is 5.02 Å². The number of nitrogens with zero attached hydrogens (tertiary/aromatic N) is 1. The van der Waals surface area contributed by atoms with Crippen molar-refractivity contribution in [2.75, 3.05) is 13.1 Å². The van der Waals surface area contributed by atoms with E-state index in [1.807, 2.05) is 4.90 Å². The maximum atomic E-state index is 12.3. The Labute approximate surface area is 111 Å². The van der Waals surface area contributed by atoms with E-state index in [9.17, 15) is 9.90 Å². The molecule has 2 atom stereocenters. The van der Waals surface area contributed by atoms with Crippen LogP contribution in [0, 0.1) is 11.8 Å². The molecule has 1 aromatic carbocycles. The van der Waals surface area contributed by atoms with Crippen LogP contribution in [0.4, 0.5) is 0 Å². The van der Waals surface area contributed by atoms with Gasteiger partial charge in [-0.2, -0.15) is 0 Å². The van der Waals surface area contributed by atoms with Gasteiger partial charge < -0.3 is 10.0 Å². The molecule has 0 bridgehead atoms. The third-order valence-corrected chi connectivity index (χ3v) is 4.44. The van der Waals surface area contributed by atoms with Gasteiger partial charge in [0.15, 0.2) is 0 Å². The van der Waals surface area contributed by atoms with Crippen LogP contribution in [-0.2, 0) is 0 Å². The first-order valence-electron chi connectivity index (χ1n) is 6.43. The normalized spacial score (nSPS) is 26.4. The predicted octanol–water partition coefficient (Wildman–Crippen LogP) is 2.92. The summed E-state index contributed by atoms with van der Waals surface area (Å²) in [5, 5.41) is 10.2. The minimum atomic E-state index is -0.0708. The Balaban J connectivity index is 1.79. The average Bonchev–Trinajstić information content (AvgIpc) is 2.87. The van der Waals surface area contributed by atoms with Gasteiger partial charge in [0.25, 0.3) is 5.91 Å². The van der Waals surface area contributed by atoms with Crippen molar-refractivity contribution in [3.63, 3.8) is 0 Å². The lowest BCUT2D eigenvalue weighted by Crippen LogP contribution is -2.29. The summed E-state index contributed by atoms with van der Waals surface area (Å²) in [5.74, 6) is 1.25. The van der Waals surface area contributed by atoms with Gasteiger partial charge >= 0.3 is 0 Å². The minimum Gasteiger partial charge on any atom is -0.507 e. The fourth-order valence-corrected chi connectivity index (χ4v) is 3.42. The molecule has 0 aromatic heterocycles. The fraction of sp³-hybridized carbons (Fsp3) is 0.500. The number of fused-ring (bicyclic) bond motifs is 1. The van der Waals surface area contributed by atoms with Crippen molar-refractivity contribution in [2.24, 2.45) is 11.8 Å². The number of aromatic hydroxyl groups is 1. The molecule has 1 N–H and O–H groups in total. The third-order valence-electron chi connectivity index (χ3n) is 4.20. The number of carbonyl (C=O) groups is 1. The Morgan fingerprint density at radius 2 is 1.94 bits per heavy atom. The van der Waals surface area contributed by atoms with E-state index >= 15 is 0 Å². The van der Waals surface area contributed by atoms with E-state index < -0.39 is 0 Å². The van der Waals surface area contributed by atoms with Crippen LogP contribution in [0.3, 0.4) is 0 Å². The zero-order valence-electron chi connectivity index (χ0n) is 10.1. The van der Waals surface area contributed by atoms with Gasteiger partial charge in [-0.3, -0.25) is 4.79 Å². The molecule has 3 rings (SSSR count). The van der Waals surface area contributed by atoms with Crippen LogP contribution in [0.1, 0.15) is 29.6 Å². The highest BCUT2D eigenvalue weighted by Crippen LogP contribution is 2.38. The van der Waals surface area contributed by atoms with Gasteiger partial charge in [0.2, 0.25) is 0 Å². The maximum Gasteiger partial charge on any atom is 0.257 e. The monoisotopic (exact) mass is 265 g/mol. The average molecular weight is 266 g/mol. The molecule has 2 aliphatic rings. The highest BCUT2D eigenvalue weighted by Gasteiger charge is 2.38. The second-order valence-electron chi connectivity index (χ2n) is 5.32. The van der Waals surface area contributed by atoms with Crippen LogP contribution >= 0.6 is 11.6 Å². The first-order chi connectivity index (χ1) is 8.65. The molecule has 1 aliphatic heterocycles. The summed E-state index contributed by atoms with van der Waals surface area (Å²) in [5.41, 5.74) is 0.361. The van der Waals surface area contributed by atoms with Crippen LogP contribution in [0.25, 0.3) is 0 Å². The van der Waals surface area contributed by atoms with Crippen molar-refractivity contribution in [2.45, 2.75) is 19.3 Å². The highest BCUT2D eigenvalue weighted by atomic mass is 35.5. The van der Waals surface area contributed by atoms with Gasteiger partial charge in [-0.15, -0.1) is 0 Å². The Hall–Kier alpha value is -1.22. The Morgan fingerprint density at radius 1 is 1.28 bits per heavy atom. The van der Waals surface area contributed by atoms with Gasteiger partial charge in [0.1, 0.15) is 5.75 Å². The molecule has 3 nitrogen and oxygen atoms in total. The van der Waals surface area contributed by atoms with Crippen LogP contribution in [-0.4, -0.2) is 29.0 Å². The molecule has 1 saturated carbocycles. The lowest BCUT2D eigenvalue weighted by Gasteiger charge is -2.18. The minimum absolute atomic E-state index is 0.0236. The molecule has 4 heteroatoms. The number of likely N-dealkylation sites (tertiary alicyclic amines) is 1. The van der Waals surface area contributed by atoms with Crippen molar-refractivity contribution >= 4 is 17.5 Å². The summed E-state index contributed by atoms with van der Waals surface area (Å²) in [7, 11) is 0. The van der Waals surface area contributed by atoms with Crippen molar-refractivity contribution in [3.05, 3.63) is 28.8 Å². The molecule has 0 radical (unpaired) electrons. The molecular weight excluding hydrogens is 250 g/mol. The second kappa shape index (κ2) is 4.47. The highest BCUT2D eigenvalue weighted by molar-refractivity contribution is 6.30. The summed E-state index contributed by atoms with van der Waals surface area (Å²) < 4.78 is 0. The summed E-state index contributed by atoms with van der Waals surface area (Å²) in [6, 6.07) is 4.67. The molecule has 1 heterocycles. The standard InChI is InChI=1S/C14H16ClNO2/c15-11-4-5-12(13(17)6-11)14(18)16-7-9-2-1-3-10(9)8-16/h4-6,9-10,17H,1-3,7-8H2. The van der Waals surface area contributed by atoms with E-state index in [0.29, 0.717) is 22.4 Å². The van der Waals surface area contributed by atoms with Crippen molar-refractivity contribution in [3.8, 4) is 5.75 Å². The number of hydrogen-bond acceptors (Lipinski definition) is 2. The molecule has 1 aromatic rings. The van der Waals surface area contributed by atoms with Gasteiger partial charge in [-0.05, 0) is 42.9 Å². The van der Waals surface area contributed by atoms with Crippen molar-refractivity contribution in [1.82, 2.24) is 4.90 Å². The Bertz CT molecular complexity index is 477.